The molecule has 0 aliphatic carbocycles. The Morgan fingerprint density at radius 2 is 2.33 bits per heavy atom. The molecule has 0 amide bonds. The Hall–Kier alpha value is -0.840. The van der Waals surface area contributed by atoms with Crippen molar-refractivity contribution in [3.63, 3.8) is 0 Å². The summed E-state index contributed by atoms with van der Waals surface area (Å²) in [6, 6.07) is 3.07. The van der Waals surface area contributed by atoms with Crippen LogP contribution in [0.5, 0.6) is 0 Å². The number of halogens is 2. The molecule has 15 heavy (non-hydrogen) atoms. The van der Waals surface area contributed by atoms with E-state index < -0.39 is 12.1 Å². The van der Waals surface area contributed by atoms with Crippen molar-refractivity contribution in [1.29, 1.82) is 0 Å². The molecule has 1 aromatic rings. The Balaban J connectivity index is 2.79. The van der Waals surface area contributed by atoms with E-state index in [4.69, 9.17) is 33.0 Å². The van der Waals surface area contributed by atoms with Crippen molar-refractivity contribution in [2.24, 2.45) is 0 Å². The molecule has 0 aliphatic heterocycles. The molecule has 1 rings (SSSR count). The number of pyridine rings is 1. The standard InChI is InChI=1S/C9H9Cl2NO3/c10-3-4-15-8(9(13)14)6-1-2-7(11)12-5-6/h1-2,5,8H,3-4H2,(H,13,14). The van der Waals surface area contributed by atoms with E-state index in [1.807, 2.05) is 0 Å². The minimum atomic E-state index is -1.08. The molecule has 6 heteroatoms. The van der Waals surface area contributed by atoms with Crippen LogP contribution in [0.4, 0.5) is 0 Å². The van der Waals surface area contributed by atoms with E-state index in [9.17, 15) is 4.79 Å². The first-order chi connectivity index (χ1) is 7.15. The highest BCUT2D eigenvalue weighted by Gasteiger charge is 2.20. The predicted molar refractivity (Wildman–Crippen MR) is 56.3 cm³/mol. The van der Waals surface area contributed by atoms with Gasteiger partial charge >= 0.3 is 5.97 Å². The largest absolute Gasteiger partial charge is 0.479 e. The number of carbonyl (C=O) groups is 1. The molecule has 1 aromatic heterocycles. The van der Waals surface area contributed by atoms with Gasteiger partial charge in [-0.25, -0.2) is 9.78 Å². The summed E-state index contributed by atoms with van der Waals surface area (Å²) < 4.78 is 5.06. The van der Waals surface area contributed by atoms with Gasteiger partial charge in [-0.3, -0.25) is 0 Å². The number of alkyl halides is 1. The van der Waals surface area contributed by atoms with Crippen molar-refractivity contribution in [1.82, 2.24) is 4.98 Å². The van der Waals surface area contributed by atoms with E-state index in [0.29, 0.717) is 10.7 Å². The summed E-state index contributed by atoms with van der Waals surface area (Å²) in [6.07, 6.45) is 0.323. The third-order valence-electron chi connectivity index (χ3n) is 1.64. The van der Waals surface area contributed by atoms with Crippen molar-refractivity contribution < 1.29 is 14.6 Å². The van der Waals surface area contributed by atoms with Crippen molar-refractivity contribution >= 4 is 29.2 Å². The van der Waals surface area contributed by atoms with Crippen LogP contribution in [0.2, 0.25) is 5.15 Å². The summed E-state index contributed by atoms with van der Waals surface area (Å²) in [7, 11) is 0. The average Bonchev–Trinajstić information content (AvgIpc) is 2.21. The highest BCUT2D eigenvalue weighted by Crippen LogP contribution is 2.18. The van der Waals surface area contributed by atoms with Gasteiger partial charge in [-0.2, -0.15) is 0 Å². The number of ether oxygens (including phenoxy) is 1. The molecule has 0 saturated heterocycles. The van der Waals surface area contributed by atoms with Crippen molar-refractivity contribution in [2.75, 3.05) is 12.5 Å². The monoisotopic (exact) mass is 249 g/mol. The number of carboxylic acid groups (broad SMARTS) is 1. The lowest BCUT2D eigenvalue weighted by Gasteiger charge is -2.12. The van der Waals surface area contributed by atoms with Crippen LogP contribution in [0.3, 0.4) is 0 Å². The normalized spacial score (nSPS) is 12.4. The van der Waals surface area contributed by atoms with Crippen LogP contribution in [0.25, 0.3) is 0 Å². The molecular formula is C9H9Cl2NO3. The van der Waals surface area contributed by atoms with Crippen molar-refractivity contribution in [3.8, 4) is 0 Å². The molecule has 0 aliphatic rings. The molecule has 1 heterocycles. The molecule has 0 bridgehead atoms. The van der Waals surface area contributed by atoms with Gasteiger partial charge in [0.1, 0.15) is 5.15 Å². The van der Waals surface area contributed by atoms with Crippen LogP contribution in [0.15, 0.2) is 18.3 Å². The Morgan fingerprint density at radius 1 is 1.60 bits per heavy atom. The number of nitrogens with zero attached hydrogens (tertiary/aromatic N) is 1. The van der Waals surface area contributed by atoms with Gasteiger partial charge in [-0.05, 0) is 6.07 Å². The number of hydrogen-bond acceptors (Lipinski definition) is 3. The minimum absolute atomic E-state index is 0.168. The summed E-state index contributed by atoms with van der Waals surface area (Å²) in [5, 5.41) is 9.20. The fourth-order valence-electron chi connectivity index (χ4n) is 1.01. The molecule has 0 saturated carbocycles. The molecule has 0 fully saturated rings. The SMILES string of the molecule is O=C(O)C(OCCCl)c1ccc(Cl)nc1. The van der Waals surface area contributed by atoms with Gasteiger partial charge in [0.05, 0.1) is 6.61 Å². The van der Waals surface area contributed by atoms with Gasteiger partial charge in [-0.15, -0.1) is 11.6 Å². The quantitative estimate of drug-likeness (QED) is 0.642. The first kappa shape index (κ1) is 12.2. The van der Waals surface area contributed by atoms with Crippen LogP contribution in [0.1, 0.15) is 11.7 Å². The third kappa shape index (κ3) is 3.66. The topological polar surface area (TPSA) is 59.4 Å². The number of aliphatic carboxylic acids is 1. The second-order valence-corrected chi connectivity index (χ2v) is 3.46. The smallest absolute Gasteiger partial charge is 0.337 e. The van der Waals surface area contributed by atoms with Gasteiger partial charge in [0, 0.05) is 17.6 Å². The lowest BCUT2D eigenvalue weighted by molar-refractivity contribution is -0.150. The van der Waals surface area contributed by atoms with Gasteiger partial charge in [0.25, 0.3) is 0 Å². The van der Waals surface area contributed by atoms with Crippen LogP contribution in [-0.2, 0) is 9.53 Å². The second-order valence-electron chi connectivity index (χ2n) is 2.69. The summed E-state index contributed by atoms with van der Waals surface area (Å²) in [5.74, 6) is -0.839. The highest BCUT2D eigenvalue weighted by molar-refractivity contribution is 6.29. The van der Waals surface area contributed by atoms with E-state index in [1.165, 1.54) is 12.3 Å². The molecule has 0 aromatic carbocycles. The fourth-order valence-corrected chi connectivity index (χ4v) is 1.22. The maximum Gasteiger partial charge on any atom is 0.337 e. The number of carboxylic acids is 1. The number of aromatic nitrogens is 1. The van der Waals surface area contributed by atoms with E-state index in [-0.39, 0.29) is 12.5 Å². The van der Waals surface area contributed by atoms with Crippen molar-refractivity contribution in [3.05, 3.63) is 29.0 Å². The average molecular weight is 250 g/mol. The molecule has 1 unspecified atom stereocenters. The van der Waals surface area contributed by atoms with E-state index in [1.54, 1.807) is 6.07 Å². The maximum absolute atomic E-state index is 10.9. The molecule has 1 N–H and O–H groups in total. The Kier molecular flexibility index (Phi) is 4.81. The summed E-state index contributed by atoms with van der Waals surface area (Å²) in [4.78, 5) is 14.6. The first-order valence-corrected chi connectivity index (χ1v) is 5.08. The Bertz CT molecular complexity index is 329. The highest BCUT2D eigenvalue weighted by atomic mass is 35.5. The Morgan fingerprint density at radius 3 is 2.80 bits per heavy atom. The summed E-state index contributed by atoms with van der Waals surface area (Å²) in [5.41, 5.74) is 0.442. The van der Waals surface area contributed by atoms with E-state index in [2.05, 4.69) is 4.98 Å². The summed E-state index contributed by atoms with van der Waals surface area (Å²) in [6.45, 7) is 0.168. The lowest BCUT2D eigenvalue weighted by Crippen LogP contribution is -2.16. The molecule has 0 radical (unpaired) electrons. The van der Waals surface area contributed by atoms with Gasteiger partial charge < -0.3 is 9.84 Å². The van der Waals surface area contributed by atoms with Gasteiger partial charge in [-0.1, -0.05) is 17.7 Å². The zero-order valence-corrected chi connectivity index (χ0v) is 9.20. The number of rotatable bonds is 5. The molecule has 0 spiro atoms. The first-order valence-electron chi connectivity index (χ1n) is 4.17. The molecule has 4 nitrogen and oxygen atoms in total. The Labute approximate surface area is 96.8 Å². The van der Waals surface area contributed by atoms with Crippen LogP contribution >= 0.6 is 23.2 Å². The minimum Gasteiger partial charge on any atom is -0.479 e. The van der Waals surface area contributed by atoms with E-state index in [0.717, 1.165) is 0 Å². The molecule has 1 atom stereocenters. The fraction of sp³-hybridized carbons (Fsp3) is 0.333. The van der Waals surface area contributed by atoms with E-state index >= 15 is 0 Å². The van der Waals surface area contributed by atoms with Crippen LogP contribution < -0.4 is 0 Å². The second kappa shape index (κ2) is 5.90. The zero-order valence-electron chi connectivity index (χ0n) is 7.69. The molecular weight excluding hydrogens is 241 g/mol. The van der Waals surface area contributed by atoms with Gasteiger partial charge in [0.2, 0.25) is 0 Å². The van der Waals surface area contributed by atoms with Crippen LogP contribution in [-0.4, -0.2) is 28.5 Å². The van der Waals surface area contributed by atoms with Crippen molar-refractivity contribution in [2.45, 2.75) is 6.10 Å². The predicted octanol–water partition coefficient (Wildman–Crippen LogP) is 2.12. The maximum atomic E-state index is 10.9. The van der Waals surface area contributed by atoms with Crippen LogP contribution in [0, 0.1) is 0 Å². The van der Waals surface area contributed by atoms with Gasteiger partial charge in [0.15, 0.2) is 6.10 Å². The molecule has 82 valence electrons. The number of hydrogen-bond donors (Lipinski definition) is 1. The third-order valence-corrected chi connectivity index (χ3v) is 2.02. The zero-order chi connectivity index (χ0) is 11.3. The lowest BCUT2D eigenvalue weighted by atomic mass is 10.2. The summed E-state index contributed by atoms with van der Waals surface area (Å²) >= 11 is 11.0.